The lowest BCUT2D eigenvalue weighted by Crippen LogP contribution is -2.35. The molecule has 6 nitrogen and oxygen atoms in total. The minimum Gasteiger partial charge on any atom is -0.354 e. The Morgan fingerprint density at radius 1 is 0.931 bits per heavy atom. The van der Waals surface area contributed by atoms with Gasteiger partial charge in [0, 0.05) is 36.3 Å². The van der Waals surface area contributed by atoms with Crippen LogP contribution in [0.15, 0.2) is 54.6 Å². The smallest absolute Gasteiger partial charge is 0.251 e. The van der Waals surface area contributed by atoms with E-state index < -0.39 is 0 Å². The molecule has 2 aromatic rings. The van der Waals surface area contributed by atoms with Crippen LogP contribution in [-0.4, -0.2) is 30.8 Å². The third kappa shape index (κ3) is 6.57. The zero-order valence-electron chi connectivity index (χ0n) is 15.8. The van der Waals surface area contributed by atoms with Crippen molar-refractivity contribution in [1.29, 1.82) is 0 Å². The zero-order valence-corrected chi connectivity index (χ0v) is 15.8. The summed E-state index contributed by atoms with van der Waals surface area (Å²) in [5.74, 6) is -0.719. The van der Waals surface area contributed by atoms with Crippen molar-refractivity contribution in [3.8, 4) is 0 Å². The van der Waals surface area contributed by atoms with Crippen LogP contribution < -0.4 is 16.0 Å². The van der Waals surface area contributed by atoms with Crippen molar-refractivity contribution in [2.24, 2.45) is 5.92 Å². The second kappa shape index (κ2) is 9.64. The second-order valence-electron chi connectivity index (χ2n) is 6.77. The summed E-state index contributed by atoms with van der Waals surface area (Å²) in [5.41, 5.74) is 1.72. The molecule has 3 amide bonds. The van der Waals surface area contributed by atoms with Crippen LogP contribution in [0.2, 0.25) is 0 Å². The van der Waals surface area contributed by atoms with Crippen LogP contribution in [0.1, 0.15) is 28.8 Å². The van der Waals surface area contributed by atoms with Crippen LogP contribution in [0.3, 0.4) is 0 Å². The summed E-state index contributed by atoms with van der Waals surface area (Å²) >= 11 is 0. The number of amides is 3. The molecular weight excluding hydrogens is 373 g/mol. The maximum atomic E-state index is 12.9. The highest BCUT2D eigenvalue weighted by Crippen LogP contribution is 2.28. The average Bonchev–Trinajstić information content (AvgIpc) is 3.56. The van der Waals surface area contributed by atoms with Crippen LogP contribution in [-0.2, 0) is 9.59 Å². The topological polar surface area (TPSA) is 87.3 Å². The van der Waals surface area contributed by atoms with Gasteiger partial charge >= 0.3 is 0 Å². The largest absolute Gasteiger partial charge is 0.354 e. The fourth-order valence-corrected chi connectivity index (χ4v) is 2.59. The Morgan fingerprint density at radius 2 is 1.59 bits per heavy atom. The van der Waals surface area contributed by atoms with E-state index in [9.17, 15) is 18.8 Å². The number of carbonyl (C=O) groups is 3. The van der Waals surface area contributed by atoms with Crippen molar-refractivity contribution in [1.82, 2.24) is 10.6 Å². The fourth-order valence-electron chi connectivity index (χ4n) is 2.59. The van der Waals surface area contributed by atoms with Gasteiger partial charge in [-0.25, -0.2) is 4.39 Å². The molecule has 0 atom stereocenters. The molecule has 0 heterocycles. The Morgan fingerprint density at radius 3 is 2.24 bits per heavy atom. The van der Waals surface area contributed by atoms with Crippen molar-refractivity contribution in [2.45, 2.75) is 12.8 Å². The fraction of sp³-hybridized carbons (Fsp3) is 0.227. The Hall–Kier alpha value is -3.48. The lowest BCUT2D eigenvalue weighted by molar-refractivity contribution is -0.122. The molecule has 3 rings (SSSR count). The molecule has 1 fully saturated rings. The number of anilines is 1. The Labute approximate surface area is 168 Å². The van der Waals surface area contributed by atoms with Crippen molar-refractivity contribution in [3.05, 3.63) is 71.6 Å². The van der Waals surface area contributed by atoms with Gasteiger partial charge in [0.25, 0.3) is 5.91 Å². The summed E-state index contributed by atoms with van der Waals surface area (Å²) < 4.78 is 12.9. The van der Waals surface area contributed by atoms with E-state index >= 15 is 0 Å². The SMILES string of the molecule is O=C(/C=C/c1ccc(F)cc1)Nc1ccc(C(=O)NCCNC(=O)C2CC2)cc1. The third-order valence-electron chi connectivity index (χ3n) is 4.37. The normalized spacial score (nSPS) is 13.1. The van der Waals surface area contributed by atoms with Crippen LogP contribution in [0.25, 0.3) is 6.08 Å². The molecule has 0 aliphatic heterocycles. The number of hydrogen-bond acceptors (Lipinski definition) is 3. The molecular formula is C22H22FN3O3. The molecule has 0 radical (unpaired) electrons. The van der Waals surface area contributed by atoms with Crippen molar-refractivity contribution in [2.75, 3.05) is 18.4 Å². The predicted octanol–water partition coefficient (Wildman–Crippen LogP) is 2.73. The van der Waals surface area contributed by atoms with Gasteiger partial charge in [-0.1, -0.05) is 12.1 Å². The maximum Gasteiger partial charge on any atom is 0.251 e. The molecule has 0 unspecified atom stereocenters. The molecule has 0 spiro atoms. The van der Waals surface area contributed by atoms with E-state index in [4.69, 9.17) is 0 Å². The van der Waals surface area contributed by atoms with E-state index in [0.29, 0.717) is 29.9 Å². The van der Waals surface area contributed by atoms with Crippen molar-refractivity contribution < 1.29 is 18.8 Å². The van der Waals surface area contributed by atoms with E-state index in [0.717, 1.165) is 12.8 Å². The first kappa shape index (κ1) is 20.3. The third-order valence-corrected chi connectivity index (χ3v) is 4.37. The zero-order chi connectivity index (χ0) is 20.6. The van der Waals surface area contributed by atoms with Gasteiger partial charge in [0.1, 0.15) is 5.82 Å². The summed E-state index contributed by atoms with van der Waals surface area (Å²) in [7, 11) is 0. The Bertz CT molecular complexity index is 904. The van der Waals surface area contributed by atoms with E-state index in [1.54, 1.807) is 42.5 Å². The number of rotatable bonds is 8. The standard InChI is InChI=1S/C22H22FN3O3/c23-18-8-1-15(2-9-18)3-12-20(27)26-19-10-6-17(7-11-19)22(29)25-14-13-24-21(28)16-4-5-16/h1-3,6-12,16H,4-5,13-14H2,(H,24,28)(H,25,29)(H,26,27)/b12-3+. The molecule has 150 valence electrons. The summed E-state index contributed by atoms with van der Waals surface area (Å²) in [6.45, 7) is 0.750. The quantitative estimate of drug-likeness (QED) is 0.474. The summed E-state index contributed by atoms with van der Waals surface area (Å²) in [6, 6.07) is 12.3. The van der Waals surface area contributed by atoms with Gasteiger partial charge in [-0.3, -0.25) is 14.4 Å². The molecule has 1 aliphatic rings. The molecule has 1 aliphatic carbocycles. The number of halogens is 1. The molecule has 1 saturated carbocycles. The average molecular weight is 395 g/mol. The van der Waals surface area contributed by atoms with Crippen molar-refractivity contribution >= 4 is 29.5 Å². The maximum absolute atomic E-state index is 12.9. The molecule has 0 aromatic heterocycles. The van der Waals surface area contributed by atoms with Gasteiger partial charge in [-0.15, -0.1) is 0 Å². The molecule has 3 N–H and O–H groups in total. The lowest BCUT2D eigenvalue weighted by atomic mass is 10.2. The van der Waals surface area contributed by atoms with Gasteiger partial charge in [0.15, 0.2) is 0 Å². The summed E-state index contributed by atoms with van der Waals surface area (Å²) in [6.07, 6.45) is 4.83. The minimum atomic E-state index is -0.335. The highest BCUT2D eigenvalue weighted by atomic mass is 19.1. The Kier molecular flexibility index (Phi) is 6.73. The number of hydrogen-bond donors (Lipinski definition) is 3. The first-order valence-corrected chi connectivity index (χ1v) is 9.42. The van der Waals surface area contributed by atoms with Crippen LogP contribution in [0.4, 0.5) is 10.1 Å². The van der Waals surface area contributed by atoms with Crippen LogP contribution >= 0.6 is 0 Å². The lowest BCUT2D eigenvalue weighted by Gasteiger charge is -2.08. The van der Waals surface area contributed by atoms with Gasteiger partial charge in [0.2, 0.25) is 11.8 Å². The summed E-state index contributed by atoms with van der Waals surface area (Å²) in [4.78, 5) is 35.6. The van der Waals surface area contributed by atoms with Crippen molar-refractivity contribution in [3.63, 3.8) is 0 Å². The predicted molar refractivity (Wildman–Crippen MR) is 109 cm³/mol. The number of nitrogens with one attached hydrogen (secondary N) is 3. The van der Waals surface area contributed by atoms with E-state index in [-0.39, 0.29) is 29.5 Å². The highest BCUT2D eigenvalue weighted by Gasteiger charge is 2.28. The minimum absolute atomic E-state index is 0.0489. The van der Waals surface area contributed by atoms with E-state index in [1.807, 2.05) is 0 Å². The van der Waals surface area contributed by atoms with Crippen LogP contribution in [0, 0.1) is 11.7 Å². The highest BCUT2D eigenvalue weighted by molar-refractivity contribution is 6.02. The first-order chi connectivity index (χ1) is 14.0. The monoisotopic (exact) mass is 395 g/mol. The summed E-state index contributed by atoms with van der Waals surface area (Å²) in [5, 5.41) is 8.21. The van der Waals surface area contributed by atoms with E-state index in [1.165, 1.54) is 18.2 Å². The second-order valence-corrected chi connectivity index (χ2v) is 6.77. The molecule has 29 heavy (non-hydrogen) atoms. The molecule has 0 saturated heterocycles. The number of carbonyl (C=O) groups excluding carboxylic acids is 3. The van der Waals surface area contributed by atoms with Gasteiger partial charge in [-0.05, 0) is 60.9 Å². The Balaban J connectivity index is 1.42. The molecule has 7 heteroatoms. The van der Waals surface area contributed by atoms with E-state index in [2.05, 4.69) is 16.0 Å². The molecule has 0 bridgehead atoms. The van der Waals surface area contributed by atoms with Crippen LogP contribution in [0.5, 0.6) is 0 Å². The molecule has 2 aromatic carbocycles. The van der Waals surface area contributed by atoms with Gasteiger partial charge in [-0.2, -0.15) is 0 Å². The number of benzene rings is 2. The van der Waals surface area contributed by atoms with Gasteiger partial charge < -0.3 is 16.0 Å². The first-order valence-electron chi connectivity index (χ1n) is 9.42. The van der Waals surface area contributed by atoms with Gasteiger partial charge in [0.05, 0.1) is 0 Å².